The molecule has 0 aliphatic rings. The van der Waals surface area contributed by atoms with E-state index in [2.05, 4.69) is 31.6 Å². The Morgan fingerprint density at radius 3 is 2.70 bits per heavy atom. The van der Waals surface area contributed by atoms with Gasteiger partial charge in [0.25, 0.3) is 0 Å². The molecule has 2 aromatic heterocycles. The van der Waals surface area contributed by atoms with Crippen molar-refractivity contribution in [2.45, 2.75) is 38.6 Å². The van der Waals surface area contributed by atoms with Gasteiger partial charge < -0.3 is 4.74 Å². The Bertz CT molecular complexity index is 557. The van der Waals surface area contributed by atoms with Crippen LogP contribution in [-0.4, -0.2) is 12.1 Å². The van der Waals surface area contributed by atoms with E-state index < -0.39 is 0 Å². The summed E-state index contributed by atoms with van der Waals surface area (Å²) in [6.07, 6.45) is 0.772. The molecule has 0 aliphatic carbocycles. The summed E-state index contributed by atoms with van der Waals surface area (Å²) in [5.41, 5.74) is 4.09. The van der Waals surface area contributed by atoms with Crippen molar-refractivity contribution in [3.05, 3.63) is 32.4 Å². The van der Waals surface area contributed by atoms with Crippen molar-refractivity contribution >= 4 is 22.7 Å². The predicted molar refractivity (Wildman–Crippen MR) is 85.5 cm³/mol. The molecule has 4 nitrogen and oxygen atoms in total. The van der Waals surface area contributed by atoms with Crippen molar-refractivity contribution in [2.24, 2.45) is 5.84 Å². The first kappa shape index (κ1) is 15.4. The summed E-state index contributed by atoms with van der Waals surface area (Å²) in [6.45, 7) is 6.52. The zero-order chi connectivity index (χ0) is 14.8. The van der Waals surface area contributed by atoms with Crippen LogP contribution in [-0.2, 0) is 11.8 Å². The predicted octanol–water partition coefficient (Wildman–Crippen LogP) is 3.26. The molecule has 20 heavy (non-hydrogen) atoms. The average Bonchev–Trinajstić information content (AvgIpc) is 3.03. The summed E-state index contributed by atoms with van der Waals surface area (Å²) >= 11 is 3.34. The lowest BCUT2D eigenvalue weighted by atomic mass is 9.93. The molecule has 0 saturated carbocycles. The average molecular weight is 311 g/mol. The highest BCUT2D eigenvalue weighted by atomic mass is 32.1. The maximum absolute atomic E-state index is 5.71. The fourth-order valence-electron chi connectivity index (χ4n) is 1.88. The van der Waals surface area contributed by atoms with Gasteiger partial charge in [0.15, 0.2) is 0 Å². The van der Waals surface area contributed by atoms with Crippen molar-refractivity contribution in [3.63, 3.8) is 0 Å². The molecule has 0 bridgehead atoms. The van der Waals surface area contributed by atoms with Gasteiger partial charge in [0.05, 0.1) is 28.7 Å². The van der Waals surface area contributed by atoms with Crippen molar-refractivity contribution in [2.75, 3.05) is 7.11 Å². The third kappa shape index (κ3) is 3.38. The SMILES string of the molecule is COc1ccsc1C(Cc1nc(C(C)(C)C)cs1)NN. The van der Waals surface area contributed by atoms with Crippen LogP contribution in [0.3, 0.4) is 0 Å². The number of aromatic nitrogens is 1. The minimum Gasteiger partial charge on any atom is -0.496 e. The molecule has 0 saturated heterocycles. The minimum atomic E-state index is 0.0314. The molecular weight excluding hydrogens is 290 g/mol. The Morgan fingerprint density at radius 1 is 1.40 bits per heavy atom. The first-order valence-electron chi connectivity index (χ1n) is 6.48. The maximum Gasteiger partial charge on any atom is 0.134 e. The molecule has 0 radical (unpaired) electrons. The number of thiazole rings is 1. The quantitative estimate of drug-likeness (QED) is 0.657. The van der Waals surface area contributed by atoms with Crippen LogP contribution in [0.4, 0.5) is 0 Å². The zero-order valence-corrected chi connectivity index (χ0v) is 13.9. The molecule has 2 heterocycles. The molecule has 0 spiro atoms. The lowest BCUT2D eigenvalue weighted by Crippen LogP contribution is -2.29. The van der Waals surface area contributed by atoms with Gasteiger partial charge in [-0.05, 0) is 11.4 Å². The summed E-state index contributed by atoms with van der Waals surface area (Å²) < 4.78 is 5.36. The molecule has 2 rings (SSSR count). The van der Waals surface area contributed by atoms with E-state index in [0.717, 1.165) is 27.7 Å². The highest BCUT2D eigenvalue weighted by molar-refractivity contribution is 7.10. The number of ether oxygens (including phenoxy) is 1. The number of hydrogen-bond acceptors (Lipinski definition) is 6. The fraction of sp³-hybridized carbons (Fsp3) is 0.500. The van der Waals surface area contributed by atoms with Crippen molar-refractivity contribution in [1.82, 2.24) is 10.4 Å². The van der Waals surface area contributed by atoms with E-state index in [4.69, 9.17) is 15.6 Å². The van der Waals surface area contributed by atoms with Crippen LogP contribution in [0.5, 0.6) is 5.75 Å². The molecule has 0 aromatic carbocycles. The number of methoxy groups -OCH3 is 1. The van der Waals surface area contributed by atoms with Gasteiger partial charge in [-0.15, -0.1) is 22.7 Å². The van der Waals surface area contributed by atoms with E-state index in [-0.39, 0.29) is 11.5 Å². The number of rotatable bonds is 5. The number of hydrogen-bond donors (Lipinski definition) is 2. The smallest absolute Gasteiger partial charge is 0.134 e. The lowest BCUT2D eigenvalue weighted by molar-refractivity contribution is 0.403. The Balaban J connectivity index is 2.17. The summed E-state index contributed by atoms with van der Waals surface area (Å²) in [4.78, 5) is 5.83. The number of nitrogens with zero attached hydrogens (tertiary/aromatic N) is 1. The number of hydrazine groups is 1. The summed E-state index contributed by atoms with van der Waals surface area (Å²) in [7, 11) is 1.68. The molecule has 0 fully saturated rings. The van der Waals surface area contributed by atoms with Crippen LogP contribution in [0, 0.1) is 0 Å². The van der Waals surface area contributed by atoms with E-state index >= 15 is 0 Å². The van der Waals surface area contributed by atoms with Gasteiger partial charge in [-0.3, -0.25) is 11.3 Å². The van der Waals surface area contributed by atoms with Gasteiger partial charge in [0.2, 0.25) is 0 Å². The molecular formula is C14H21N3OS2. The third-order valence-electron chi connectivity index (χ3n) is 3.09. The summed E-state index contributed by atoms with van der Waals surface area (Å²) in [5, 5.41) is 5.24. The van der Waals surface area contributed by atoms with Crippen LogP contribution in [0.1, 0.15) is 42.4 Å². The number of nitrogens with one attached hydrogen (secondary N) is 1. The van der Waals surface area contributed by atoms with Crippen LogP contribution in [0.15, 0.2) is 16.8 Å². The van der Waals surface area contributed by atoms with E-state index in [1.165, 1.54) is 0 Å². The Labute approximate surface area is 128 Å². The van der Waals surface area contributed by atoms with Gasteiger partial charge in [0.1, 0.15) is 5.75 Å². The topological polar surface area (TPSA) is 60.2 Å². The summed E-state index contributed by atoms with van der Waals surface area (Å²) in [5.74, 6) is 6.59. The van der Waals surface area contributed by atoms with E-state index in [1.54, 1.807) is 29.8 Å². The van der Waals surface area contributed by atoms with Crippen molar-refractivity contribution in [3.8, 4) is 5.75 Å². The molecule has 110 valence electrons. The number of nitrogens with two attached hydrogens (primary N) is 1. The lowest BCUT2D eigenvalue weighted by Gasteiger charge is -2.16. The largest absolute Gasteiger partial charge is 0.496 e. The second-order valence-electron chi connectivity index (χ2n) is 5.65. The van der Waals surface area contributed by atoms with Crippen LogP contribution in [0.2, 0.25) is 0 Å². The van der Waals surface area contributed by atoms with Gasteiger partial charge >= 0.3 is 0 Å². The van der Waals surface area contributed by atoms with Crippen LogP contribution < -0.4 is 16.0 Å². The molecule has 1 atom stereocenters. The van der Waals surface area contributed by atoms with Crippen LogP contribution >= 0.6 is 22.7 Å². The first-order chi connectivity index (χ1) is 9.45. The number of thiophene rings is 1. The van der Waals surface area contributed by atoms with Crippen molar-refractivity contribution < 1.29 is 4.74 Å². The zero-order valence-electron chi connectivity index (χ0n) is 12.3. The van der Waals surface area contributed by atoms with Crippen molar-refractivity contribution in [1.29, 1.82) is 0 Å². The monoisotopic (exact) mass is 311 g/mol. The first-order valence-corrected chi connectivity index (χ1v) is 8.24. The minimum absolute atomic E-state index is 0.0314. The molecule has 0 amide bonds. The molecule has 0 aliphatic heterocycles. The molecule has 6 heteroatoms. The van der Waals surface area contributed by atoms with E-state index in [0.29, 0.717) is 0 Å². The molecule has 3 N–H and O–H groups in total. The van der Waals surface area contributed by atoms with Gasteiger partial charge in [-0.25, -0.2) is 4.98 Å². The van der Waals surface area contributed by atoms with Gasteiger partial charge in [-0.2, -0.15) is 0 Å². The van der Waals surface area contributed by atoms with E-state index in [1.807, 2.05) is 11.4 Å². The van der Waals surface area contributed by atoms with E-state index in [9.17, 15) is 0 Å². The van der Waals surface area contributed by atoms with Crippen LogP contribution in [0.25, 0.3) is 0 Å². The Hall–Kier alpha value is -0.950. The fourth-order valence-corrected chi connectivity index (χ4v) is 3.87. The third-order valence-corrected chi connectivity index (χ3v) is 4.98. The second kappa shape index (κ2) is 6.22. The highest BCUT2D eigenvalue weighted by Gasteiger charge is 2.21. The van der Waals surface area contributed by atoms with Gasteiger partial charge in [0, 0.05) is 17.2 Å². The summed E-state index contributed by atoms with van der Waals surface area (Å²) in [6, 6.07) is 2.00. The Kier molecular flexibility index (Phi) is 4.80. The highest BCUT2D eigenvalue weighted by Crippen LogP contribution is 2.33. The molecule has 2 aromatic rings. The van der Waals surface area contributed by atoms with Gasteiger partial charge in [-0.1, -0.05) is 20.8 Å². The standard InChI is InChI=1S/C14H21N3OS2/c1-14(2,3)11-8-20-12(16-11)7-9(17-15)13-10(18-4)5-6-19-13/h5-6,8-9,17H,7,15H2,1-4H3. The maximum atomic E-state index is 5.71. The molecule has 1 unspecified atom stereocenters. The second-order valence-corrected chi connectivity index (χ2v) is 7.54. The normalized spacial score (nSPS) is 13.4. The Morgan fingerprint density at radius 2 is 2.15 bits per heavy atom.